The number of rotatable bonds is 37. The van der Waals surface area contributed by atoms with Crippen LogP contribution >= 0.6 is 7.82 Å². The lowest BCUT2D eigenvalue weighted by Gasteiger charge is -2.41. The van der Waals surface area contributed by atoms with Gasteiger partial charge in [0.2, 0.25) is 0 Å². The number of aliphatic hydroxyl groups is 5. The largest absolute Gasteiger partial charge is 0.472 e. The molecule has 352 valence electrons. The molecule has 0 aromatic heterocycles. The minimum atomic E-state index is -5.13. The van der Waals surface area contributed by atoms with Gasteiger partial charge in [-0.05, 0) is 77.0 Å². The van der Waals surface area contributed by atoms with E-state index < -0.39 is 75.7 Å². The number of esters is 2. The number of carbonyl (C=O) groups excluding carboxylic acids is 2. The zero-order valence-electron chi connectivity index (χ0n) is 37.2. The van der Waals surface area contributed by atoms with Gasteiger partial charge in [-0.3, -0.25) is 18.6 Å². The summed E-state index contributed by atoms with van der Waals surface area (Å²) >= 11 is 0. The maximum atomic E-state index is 12.8. The number of ether oxygens (including phenoxy) is 2. The van der Waals surface area contributed by atoms with Gasteiger partial charge in [0.05, 0.1) is 6.61 Å². The highest BCUT2D eigenvalue weighted by molar-refractivity contribution is 7.47. The van der Waals surface area contributed by atoms with Crippen molar-refractivity contribution < 1.29 is 63.1 Å². The van der Waals surface area contributed by atoms with Crippen molar-refractivity contribution in [1.29, 1.82) is 0 Å². The molecule has 61 heavy (non-hydrogen) atoms. The number of allylic oxidation sites excluding steroid dienone is 10. The third-order valence-corrected chi connectivity index (χ3v) is 11.3. The molecule has 1 rings (SSSR count). The molecule has 14 heteroatoms. The molecule has 1 aliphatic carbocycles. The van der Waals surface area contributed by atoms with E-state index in [1.54, 1.807) is 0 Å². The number of aliphatic hydroxyl groups excluding tert-OH is 5. The highest BCUT2D eigenvalue weighted by Gasteiger charge is 2.51. The van der Waals surface area contributed by atoms with Crippen molar-refractivity contribution in [2.24, 2.45) is 0 Å². The molecule has 0 heterocycles. The summed E-state index contributed by atoms with van der Waals surface area (Å²) in [6.07, 6.45) is 31.3. The first-order valence-electron chi connectivity index (χ1n) is 23.1. The Morgan fingerprint density at radius 1 is 0.525 bits per heavy atom. The molecular formula is C47H81O13P. The van der Waals surface area contributed by atoms with Crippen LogP contribution in [-0.2, 0) is 32.7 Å². The zero-order valence-corrected chi connectivity index (χ0v) is 38.1. The Labute approximate surface area is 366 Å². The molecule has 0 aliphatic heterocycles. The molecule has 6 N–H and O–H groups in total. The second kappa shape index (κ2) is 37.0. The Kier molecular flexibility index (Phi) is 34.3. The molecule has 13 nitrogen and oxygen atoms in total. The summed E-state index contributed by atoms with van der Waals surface area (Å²) in [5.41, 5.74) is 0. The molecule has 0 aromatic carbocycles. The maximum Gasteiger partial charge on any atom is 0.472 e. The van der Waals surface area contributed by atoms with Crippen LogP contribution in [0.5, 0.6) is 0 Å². The minimum Gasteiger partial charge on any atom is -0.462 e. The minimum absolute atomic E-state index is 0.0787. The van der Waals surface area contributed by atoms with Crippen molar-refractivity contribution in [3.8, 4) is 0 Å². The van der Waals surface area contributed by atoms with E-state index in [1.165, 1.54) is 38.5 Å². The topological polar surface area (TPSA) is 210 Å². The van der Waals surface area contributed by atoms with E-state index in [0.717, 1.165) is 89.9 Å². The third kappa shape index (κ3) is 29.5. The summed E-state index contributed by atoms with van der Waals surface area (Å²) in [4.78, 5) is 35.7. The molecular weight excluding hydrogens is 803 g/mol. The summed E-state index contributed by atoms with van der Waals surface area (Å²) in [6, 6.07) is 0. The fourth-order valence-electron chi connectivity index (χ4n) is 6.62. The molecule has 1 aliphatic rings. The van der Waals surface area contributed by atoms with Gasteiger partial charge < -0.3 is 39.9 Å². The second-order valence-electron chi connectivity index (χ2n) is 15.9. The molecule has 0 amide bonds. The van der Waals surface area contributed by atoms with Crippen molar-refractivity contribution in [3.63, 3.8) is 0 Å². The van der Waals surface area contributed by atoms with Crippen molar-refractivity contribution in [2.45, 2.75) is 211 Å². The lowest BCUT2D eigenvalue weighted by atomic mass is 9.85. The van der Waals surface area contributed by atoms with E-state index in [-0.39, 0.29) is 12.8 Å². The molecule has 0 radical (unpaired) electrons. The average Bonchev–Trinajstić information content (AvgIpc) is 3.24. The van der Waals surface area contributed by atoms with Crippen LogP contribution in [0.15, 0.2) is 60.8 Å². The summed E-state index contributed by atoms with van der Waals surface area (Å²) < 4.78 is 33.5. The lowest BCUT2D eigenvalue weighted by molar-refractivity contribution is -0.220. The first-order chi connectivity index (χ1) is 29.4. The van der Waals surface area contributed by atoms with Crippen molar-refractivity contribution in [3.05, 3.63) is 60.8 Å². The van der Waals surface area contributed by atoms with E-state index in [1.807, 2.05) is 0 Å². The molecule has 6 unspecified atom stereocenters. The van der Waals surface area contributed by atoms with Gasteiger partial charge >= 0.3 is 19.8 Å². The van der Waals surface area contributed by atoms with Crippen LogP contribution in [0.4, 0.5) is 0 Å². The van der Waals surface area contributed by atoms with E-state index in [2.05, 4.69) is 74.6 Å². The molecule has 0 saturated heterocycles. The zero-order chi connectivity index (χ0) is 45.0. The second-order valence-corrected chi connectivity index (χ2v) is 17.3. The Balaban J connectivity index is 2.49. The van der Waals surface area contributed by atoms with Gasteiger partial charge in [0.25, 0.3) is 0 Å². The van der Waals surface area contributed by atoms with Crippen LogP contribution in [0.25, 0.3) is 0 Å². The fourth-order valence-corrected chi connectivity index (χ4v) is 7.60. The van der Waals surface area contributed by atoms with Gasteiger partial charge in [0.15, 0.2) is 6.10 Å². The Hall–Kier alpha value is -2.45. The SMILES string of the molecule is CCC=CCC=CCC=CCC=CCCCCCCC(=O)OC[C@H](COP(=O)(O)OC1C(O)C(O)C(O)[C@@H](O)C1O)OC(=O)CCCCCCCC=CCCCCCCCC. The Bertz CT molecular complexity index is 1300. The molecule has 1 saturated carbocycles. The average molecular weight is 885 g/mol. The van der Waals surface area contributed by atoms with Gasteiger partial charge in [-0.1, -0.05) is 139 Å². The van der Waals surface area contributed by atoms with E-state index in [0.29, 0.717) is 12.8 Å². The van der Waals surface area contributed by atoms with Crippen LogP contribution in [0.3, 0.4) is 0 Å². The maximum absolute atomic E-state index is 12.8. The number of unbranched alkanes of at least 4 members (excludes halogenated alkanes) is 15. The first-order valence-corrected chi connectivity index (χ1v) is 24.6. The van der Waals surface area contributed by atoms with Crippen LogP contribution in [-0.4, -0.2) is 98.3 Å². The molecule has 1 fully saturated rings. The number of hydrogen-bond donors (Lipinski definition) is 6. The number of carbonyl (C=O) groups is 2. The number of hydrogen-bond acceptors (Lipinski definition) is 12. The Morgan fingerprint density at radius 3 is 1.44 bits per heavy atom. The van der Waals surface area contributed by atoms with Gasteiger partial charge in [0, 0.05) is 12.8 Å². The summed E-state index contributed by atoms with van der Waals surface area (Å²) in [5.74, 6) is -1.14. The van der Waals surface area contributed by atoms with Crippen LogP contribution in [0.2, 0.25) is 0 Å². The first kappa shape index (κ1) is 56.6. The standard InChI is InChI=1S/C47H81O13P/c1-3-5-7-9-11-13-15-17-19-20-22-23-25-27-29-31-33-35-40(48)57-37-39(38-58-61(55,56)60-47-45(53)43(51)42(50)44(52)46(47)54)59-41(49)36-34-32-30-28-26-24-21-18-16-14-12-10-8-6-4-2/h5,7,11,13,17-19,21-23,39,42-47,50-54H,3-4,6,8-10,12,14-16,20,24-38H2,1-2H3,(H,55,56)/t39-,42?,43-,44?,45?,46?,47?/m1/s1. The highest BCUT2D eigenvalue weighted by atomic mass is 31.2. The normalized spacial score (nSPS) is 22.6. The fraction of sp³-hybridized carbons (Fsp3) is 0.745. The lowest BCUT2D eigenvalue weighted by Crippen LogP contribution is -2.64. The van der Waals surface area contributed by atoms with Crippen LogP contribution < -0.4 is 0 Å². The summed E-state index contributed by atoms with van der Waals surface area (Å²) in [5, 5.41) is 50.1. The smallest absolute Gasteiger partial charge is 0.462 e. The highest BCUT2D eigenvalue weighted by Crippen LogP contribution is 2.47. The van der Waals surface area contributed by atoms with Crippen LogP contribution in [0, 0.1) is 0 Å². The predicted molar refractivity (Wildman–Crippen MR) is 239 cm³/mol. The van der Waals surface area contributed by atoms with E-state index in [4.69, 9.17) is 18.5 Å². The van der Waals surface area contributed by atoms with Gasteiger partial charge in [0.1, 0.15) is 43.2 Å². The number of phosphoric acid groups is 1. The van der Waals surface area contributed by atoms with Gasteiger partial charge in [-0.25, -0.2) is 4.57 Å². The molecule has 0 bridgehead atoms. The van der Waals surface area contributed by atoms with Crippen LogP contribution in [0.1, 0.15) is 168 Å². The van der Waals surface area contributed by atoms with Crippen molar-refractivity contribution >= 4 is 19.8 Å². The quantitative estimate of drug-likeness (QED) is 0.0149. The van der Waals surface area contributed by atoms with E-state index >= 15 is 0 Å². The molecule has 0 aromatic rings. The molecule has 0 spiro atoms. The Morgan fingerprint density at radius 2 is 0.934 bits per heavy atom. The monoisotopic (exact) mass is 885 g/mol. The summed E-state index contributed by atoms with van der Waals surface area (Å²) in [7, 11) is -5.13. The van der Waals surface area contributed by atoms with Crippen molar-refractivity contribution in [1.82, 2.24) is 0 Å². The van der Waals surface area contributed by atoms with E-state index in [9.17, 15) is 44.6 Å². The molecule has 8 atom stereocenters. The predicted octanol–water partition coefficient (Wildman–Crippen LogP) is 8.94. The number of phosphoric ester groups is 1. The van der Waals surface area contributed by atoms with Gasteiger partial charge in [-0.15, -0.1) is 0 Å². The summed E-state index contributed by atoms with van der Waals surface area (Å²) in [6.45, 7) is 3.14. The third-order valence-electron chi connectivity index (χ3n) is 10.3. The van der Waals surface area contributed by atoms with Gasteiger partial charge in [-0.2, -0.15) is 0 Å². The van der Waals surface area contributed by atoms with Crippen molar-refractivity contribution in [2.75, 3.05) is 13.2 Å².